The quantitative estimate of drug-likeness (QED) is 0.738. The lowest BCUT2D eigenvalue weighted by atomic mass is 10.3. The average molecular weight is 366 g/mol. The minimum absolute atomic E-state index is 0. The summed E-state index contributed by atoms with van der Waals surface area (Å²) in [4.78, 5) is 14.5. The predicted molar refractivity (Wildman–Crippen MR) is 98.7 cm³/mol. The van der Waals surface area contributed by atoms with Gasteiger partial charge in [-0.05, 0) is 31.2 Å². The molecule has 6 nitrogen and oxygen atoms in total. The molecule has 0 unspecified atom stereocenters. The number of para-hydroxylation sites is 1. The van der Waals surface area contributed by atoms with E-state index in [4.69, 9.17) is 9.15 Å². The lowest BCUT2D eigenvalue weighted by Gasteiger charge is -2.26. The van der Waals surface area contributed by atoms with Gasteiger partial charge in [0.25, 0.3) is 11.9 Å². The van der Waals surface area contributed by atoms with Gasteiger partial charge < -0.3 is 24.7 Å². The molecule has 2 aromatic rings. The molecule has 0 spiro atoms. The number of piperazine rings is 1. The fourth-order valence-corrected chi connectivity index (χ4v) is 2.63. The first-order valence-electron chi connectivity index (χ1n) is 8.35. The molecule has 7 heteroatoms. The molecule has 2 N–H and O–H groups in total. The molecule has 1 aliphatic rings. The van der Waals surface area contributed by atoms with Crippen molar-refractivity contribution in [3.8, 4) is 11.7 Å². The average Bonchev–Trinajstić information content (AvgIpc) is 3.09. The van der Waals surface area contributed by atoms with Gasteiger partial charge in [-0.25, -0.2) is 0 Å². The van der Waals surface area contributed by atoms with Gasteiger partial charge in [0, 0.05) is 38.8 Å². The van der Waals surface area contributed by atoms with Gasteiger partial charge in [0.1, 0.15) is 5.75 Å². The number of carbonyl (C=O) groups excluding carboxylic acids is 1. The minimum Gasteiger partial charge on any atom is -0.426 e. The summed E-state index contributed by atoms with van der Waals surface area (Å²) in [7, 11) is 0. The zero-order valence-electron chi connectivity index (χ0n) is 14.1. The van der Waals surface area contributed by atoms with E-state index in [1.54, 1.807) is 12.1 Å². The van der Waals surface area contributed by atoms with Crippen molar-refractivity contribution >= 4 is 18.3 Å². The smallest absolute Gasteiger partial charge is 0.290 e. The summed E-state index contributed by atoms with van der Waals surface area (Å²) in [6, 6.07) is 12.6. The van der Waals surface area contributed by atoms with Crippen LogP contribution in [0.2, 0.25) is 0 Å². The van der Waals surface area contributed by atoms with E-state index in [0.29, 0.717) is 18.2 Å². The van der Waals surface area contributed by atoms with E-state index in [1.165, 1.54) is 0 Å². The summed E-state index contributed by atoms with van der Waals surface area (Å²) in [6.45, 7) is 5.88. The number of rotatable bonds is 7. The lowest BCUT2D eigenvalue weighted by molar-refractivity contribution is 0.0918. The summed E-state index contributed by atoms with van der Waals surface area (Å²) in [5, 5.41) is 6.21. The molecule has 1 aliphatic heterocycles. The molecule has 0 radical (unpaired) electrons. The predicted octanol–water partition coefficient (Wildman–Crippen LogP) is 2.52. The third-order valence-electron chi connectivity index (χ3n) is 3.91. The number of amides is 1. The molecule has 25 heavy (non-hydrogen) atoms. The van der Waals surface area contributed by atoms with Crippen molar-refractivity contribution in [2.75, 3.05) is 39.3 Å². The number of furan rings is 1. The summed E-state index contributed by atoms with van der Waals surface area (Å²) >= 11 is 0. The van der Waals surface area contributed by atoms with Crippen molar-refractivity contribution in [2.24, 2.45) is 0 Å². The van der Waals surface area contributed by atoms with E-state index in [-0.39, 0.29) is 24.1 Å². The third-order valence-corrected chi connectivity index (χ3v) is 3.91. The summed E-state index contributed by atoms with van der Waals surface area (Å²) < 4.78 is 11.0. The van der Waals surface area contributed by atoms with E-state index in [1.807, 2.05) is 30.3 Å². The Morgan fingerprint density at radius 1 is 1.16 bits per heavy atom. The van der Waals surface area contributed by atoms with Crippen molar-refractivity contribution in [1.29, 1.82) is 0 Å². The van der Waals surface area contributed by atoms with E-state index in [0.717, 1.165) is 39.1 Å². The van der Waals surface area contributed by atoms with Gasteiger partial charge in [-0.15, -0.1) is 12.4 Å². The van der Waals surface area contributed by atoms with Gasteiger partial charge in [0.15, 0.2) is 5.76 Å². The molecule has 0 atom stereocenters. The molecule has 136 valence electrons. The molecule has 1 fully saturated rings. The van der Waals surface area contributed by atoms with Crippen LogP contribution in [0, 0.1) is 0 Å². The van der Waals surface area contributed by atoms with Gasteiger partial charge in [0.2, 0.25) is 0 Å². The number of nitrogens with one attached hydrogen (secondary N) is 2. The highest BCUT2D eigenvalue weighted by Gasteiger charge is 2.13. The number of benzene rings is 1. The summed E-state index contributed by atoms with van der Waals surface area (Å²) in [5.74, 6) is 1.04. The maximum Gasteiger partial charge on any atom is 0.290 e. The van der Waals surface area contributed by atoms with Gasteiger partial charge >= 0.3 is 0 Å². The molecule has 0 bridgehead atoms. The van der Waals surface area contributed by atoms with E-state index < -0.39 is 0 Å². The molecule has 1 amide bonds. The molecule has 0 saturated carbocycles. The molecular formula is C18H24ClN3O3. The largest absolute Gasteiger partial charge is 0.426 e. The number of halogens is 1. The van der Waals surface area contributed by atoms with Gasteiger partial charge in [0.05, 0.1) is 0 Å². The molecule has 0 aliphatic carbocycles. The van der Waals surface area contributed by atoms with Crippen molar-refractivity contribution < 1.29 is 13.9 Å². The SMILES string of the molecule is Cl.O=C(NCCCN1CCNCC1)c1ccc(Oc2ccccc2)o1. The Hall–Kier alpha value is -2.02. The standard InChI is InChI=1S/C18H23N3O3.ClH/c22-18(20-9-4-12-21-13-10-19-11-14-21)16-7-8-17(24-16)23-15-5-2-1-3-6-15;/h1-3,5-8,19H,4,9-14H2,(H,20,22);1H. The maximum absolute atomic E-state index is 12.1. The normalized spacial score (nSPS) is 14.6. The van der Waals surface area contributed by atoms with Gasteiger partial charge in [-0.3, -0.25) is 4.79 Å². The van der Waals surface area contributed by atoms with Crippen LogP contribution >= 0.6 is 12.4 Å². The van der Waals surface area contributed by atoms with Crippen LogP contribution in [0.3, 0.4) is 0 Å². The van der Waals surface area contributed by atoms with E-state index in [2.05, 4.69) is 15.5 Å². The Kier molecular flexibility index (Phi) is 7.78. The van der Waals surface area contributed by atoms with Crippen LogP contribution in [-0.2, 0) is 0 Å². The molecular weight excluding hydrogens is 342 g/mol. The minimum atomic E-state index is -0.210. The monoisotopic (exact) mass is 365 g/mol. The second kappa shape index (κ2) is 10.1. The van der Waals surface area contributed by atoms with Crippen LogP contribution in [0.4, 0.5) is 0 Å². The third kappa shape index (κ3) is 6.08. The van der Waals surface area contributed by atoms with E-state index >= 15 is 0 Å². The lowest BCUT2D eigenvalue weighted by Crippen LogP contribution is -2.44. The fraction of sp³-hybridized carbons (Fsp3) is 0.389. The van der Waals surface area contributed by atoms with Crippen LogP contribution in [-0.4, -0.2) is 50.1 Å². The number of carbonyl (C=O) groups is 1. The van der Waals surface area contributed by atoms with Crippen LogP contribution in [0.5, 0.6) is 11.7 Å². The van der Waals surface area contributed by atoms with E-state index in [9.17, 15) is 4.79 Å². The molecule has 1 aromatic carbocycles. The highest BCUT2D eigenvalue weighted by molar-refractivity contribution is 5.91. The Bertz CT molecular complexity index is 642. The van der Waals surface area contributed by atoms with Crippen molar-refractivity contribution in [1.82, 2.24) is 15.5 Å². The summed E-state index contributed by atoms with van der Waals surface area (Å²) in [5.41, 5.74) is 0. The summed E-state index contributed by atoms with van der Waals surface area (Å²) in [6.07, 6.45) is 0.930. The Labute approximate surface area is 153 Å². The maximum atomic E-state index is 12.1. The second-order valence-electron chi connectivity index (χ2n) is 5.73. The van der Waals surface area contributed by atoms with Crippen LogP contribution in [0.15, 0.2) is 46.9 Å². The van der Waals surface area contributed by atoms with Crippen molar-refractivity contribution in [2.45, 2.75) is 6.42 Å². The number of nitrogens with zero attached hydrogens (tertiary/aromatic N) is 1. The van der Waals surface area contributed by atoms with Crippen LogP contribution < -0.4 is 15.4 Å². The first kappa shape index (κ1) is 19.3. The second-order valence-corrected chi connectivity index (χ2v) is 5.73. The van der Waals surface area contributed by atoms with Gasteiger partial charge in [-0.1, -0.05) is 18.2 Å². The van der Waals surface area contributed by atoms with Crippen molar-refractivity contribution in [3.05, 3.63) is 48.2 Å². The van der Waals surface area contributed by atoms with Gasteiger partial charge in [-0.2, -0.15) is 0 Å². The highest BCUT2D eigenvalue weighted by atomic mass is 35.5. The molecule has 3 rings (SSSR count). The molecule has 2 heterocycles. The highest BCUT2D eigenvalue weighted by Crippen LogP contribution is 2.23. The Morgan fingerprint density at radius 3 is 2.68 bits per heavy atom. The first-order chi connectivity index (χ1) is 11.8. The number of hydrogen-bond donors (Lipinski definition) is 2. The number of ether oxygens (including phenoxy) is 1. The van der Waals surface area contributed by atoms with Crippen LogP contribution in [0.25, 0.3) is 0 Å². The molecule has 1 saturated heterocycles. The fourth-order valence-electron chi connectivity index (χ4n) is 2.63. The first-order valence-corrected chi connectivity index (χ1v) is 8.35. The zero-order chi connectivity index (χ0) is 16.6. The van der Waals surface area contributed by atoms with Crippen molar-refractivity contribution in [3.63, 3.8) is 0 Å². The zero-order valence-corrected chi connectivity index (χ0v) is 14.9. The molecule has 1 aromatic heterocycles. The number of hydrogen-bond acceptors (Lipinski definition) is 5. The topological polar surface area (TPSA) is 66.7 Å². The Morgan fingerprint density at radius 2 is 1.92 bits per heavy atom. The Balaban J connectivity index is 0.00000225. The van der Waals surface area contributed by atoms with Crippen LogP contribution in [0.1, 0.15) is 17.0 Å².